The van der Waals surface area contributed by atoms with E-state index in [-0.39, 0.29) is 18.5 Å². The minimum absolute atomic E-state index is 0.199. The number of amides is 3. The zero-order valence-corrected chi connectivity index (χ0v) is 16.4. The standard InChI is InChI=1S/C21H21N5O2S/c22-19(14-26(29)21(28)25-17-4-2-1-3-5-17)15-6-8-16(9-7-15)20(27)24-18-10-12-23-13-11-18/h1-13,19,29H,14,22H2,(H,25,28)(H,23,24,27). The van der Waals surface area contributed by atoms with E-state index in [0.717, 1.165) is 5.56 Å². The van der Waals surface area contributed by atoms with Gasteiger partial charge in [-0.25, -0.2) is 4.79 Å². The average molecular weight is 407 g/mol. The molecule has 1 unspecified atom stereocenters. The lowest BCUT2D eigenvalue weighted by atomic mass is 10.1. The quantitative estimate of drug-likeness (QED) is 0.468. The number of nitrogens with zero attached hydrogens (tertiary/aromatic N) is 2. The first-order valence-electron chi connectivity index (χ1n) is 8.92. The van der Waals surface area contributed by atoms with Gasteiger partial charge in [0, 0.05) is 35.4 Å². The number of benzene rings is 2. The molecule has 1 heterocycles. The van der Waals surface area contributed by atoms with Crippen molar-refractivity contribution in [1.82, 2.24) is 9.29 Å². The van der Waals surface area contributed by atoms with Gasteiger partial charge in [-0.3, -0.25) is 14.1 Å². The number of nitrogens with two attached hydrogens (primary N) is 1. The first-order valence-corrected chi connectivity index (χ1v) is 9.32. The Hall–Kier alpha value is -3.36. The lowest BCUT2D eigenvalue weighted by Gasteiger charge is -2.21. The van der Waals surface area contributed by atoms with Crippen LogP contribution in [0, 0.1) is 0 Å². The lowest BCUT2D eigenvalue weighted by Crippen LogP contribution is -2.33. The van der Waals surface area contributed by atoms with Crippen LogP contribution in [-0.4, -0.2) is 27.8 Å². The van der Waals surface area contributed by atoms with Crippen LogP contribution in [0.4, 0.5) is 16.2 Å². The molecule has 148 valence electrons. The van der Waals surface area contributed by atoms with Crippen LogP contribution in [0.3, 0.4) is 0 Å². The van der Waals surface area contributed by atoms with Gasteiger partial charge in [-0.05, 0) is 42.0 Å². The van der Waals surface area contributed by atoms with Crippen molar-refractivity contribution in [2.24, 2.45) is 5.73 Å². The molecule has 0 aliphatic heterocycles. The van der Waals surface area contributed by atoms with Crippen LogP contribution in [0.5, 0.6) is 0 Å². The number of carbonyl (C=O) groups is 2. The van der Waals surface area contributed by atoms with Crippen LogP contribution < -0.4 is 16.4 Å². The van der Waals surface area contributed by atoms with Crippen LogP contribution in [0.1, 0.15) is 22.0 Å². The van der Waals surface area contributed by atoms with E-state index in [4.69, 9.17) is 5.73 Å². The molecule has 2 aromatic carbocycles. The summed E-state index contributed by atoms with van der Waals surface area (Å²) in [5.41, 5.74) is 8.83. The summed E-state index contributed by atoms with van der Waals surface area (Å²) in [6.07, 6.45) is 3.21. The van der Waals surface area contributed by atoms with Gasteiger partial charge in [0.05, 0.1) is 6.54 Å². The second-order valence-electron chi connectivity index (χ2n) is 6.30. The Morgan fingerprint density at radius 3 is 2.21 bits per heavy atom. The van der Waals surface area contributed by atoms with E-state index in [9.17, 15) is 9.59 Å². The van der Waals surface area contributed by atoms with E-state index in [1.807, 2.05) is 18.2 Å². The van der Waals surface area contributed by atoms with Crippen molar-refractivity contribution in [1.29, 1.82) is 0 Å². The third-order valence-corrected chi connectivity index (χ3v) is 4.51. The Labute approximate surface area is 174 Å². The van der Waals surface area contributed by atoms with Gasteiger partial charge in [0.15, 0.2) is 0 Å². The maximum absolute atomic E-state index is 12.3. The van der Waals surface area contributed by atoms with Crippen molar-refractivity contribution < 1.29 is 9.59 Å². The zero-order valence-electron chi connectivity index (χ0n) is 15.5. The summed E-state index contributed by atoms with van der Waals surface area (Å²) >= 11 is 4.23. The highest BCUT2D eigenvalue weighted by molar-refractivity contribution is 7.78. The average Bonchev–Trinajstić information content (AvgIpc) is 2.75. The lowest BCUT2D eigenvalue weighted by molar-refractivity contribution is 0.102. The molecule has 29 heavy (non-hydrogen) atoms. The minimum atomic E-state index is -0.452. The van der Waals surface area contributed by atoms with Crippen molar-refractivity contribution in [3.8, 4) is 0 Å². The highest BCUT2D eigenvalue weighted by atomic mass is 32.1. The number of nitrogens with one attached hydrogen (secondary N) is 2. The van der Waals surface area contributed by atoms with Gasteiger partial charge in [0.1, 0.15) is 0 Å². The van der Waals surface area contributed by atoms with Crippen LogP contribution >= 0.6 is 12.8 Å². The number of pyridine rings is 1. The fourth-order valence-corrected chi connectivity index (χ4v) is 2.83. The Kier molecular flexibility index (Phi) is 6.83. The van der Waals surface area contributed by atoms with E-state index in [1.54, 1.807) is 60.9 Å². The molecule has 0 saturated heterocycles. The number of rotatable bonds is 6. The molecule has 3 amide bonds. The summed E-state index contributed by atoms with van der Waals surface area (Å²) in [6, 6.07) is 18.6. The molecule has 0 aliphatic rings. The maximum atomic E-state index is 12.3. The van der Waals surface area contributed by atoms with E-state index in [0.29, 0.717) is 16.9 Å². The second-order valence-corrected chi connectivity index (χ2v) is 6.78. The van der Waals surface area contributed by atoms with Crippen LogP contribution in [-0.2, 0) is 0 Å². The molecule has 0 spiro atoms. The second kappa shape index (κ2) is 9.72. The molecule has 1 atom stereocenters. The monoisotopic (exact) mass is 407 g/mol. The number of thiol groups is 1. The van der Waals surface area contributed by atoms with Gasteiger partial charge in [0.25, 0.3) is 5.91 Å². The highest BCUT2D eigenvalue weighted by Gasteiger charge is 2.16. The third kappa shape index (κ3) is 5.81. The Bertz CT molecular complexity index is 952. The van der Waals surface area contributed by atoms with E-state index in [1.165, 1.54) is 4.31 Å². The molecule has 0 saturated carbocycles. The first-order chi connectivity index (χ1) is 14.0. The first kappa shape index (κ1) is 20.4. The van der Waals surface area contributed by atoms with Gasteiger partial charge in [-0.2, -0.15) is 0 Å². The van der Waals surface area contributed by atoms with E-state index in [2.05, 4.69) is 28.4 Å². The summed E-state index contributed by atoms with van der Waals surface area (Å²) < 4.78 is 1.22. The maximum Gasteiger partial charge on any atom is 0.331 e. The van der Waals surface area contributed by atoms with Crippen LogP contribution in [0.25, 0.3) is 0 Å². The third-order valence-electron chi connectivity index (χ3n) is 4.17. The van der Waals surface area contributed by atoms with Crippen LogP contribution in [0.15, 0.2) is 79.1 Å². The topological polar surface area (TPSA) is 100 Å². The van der Waals surface area contributed by atoms with Crippen molar-refractivity contribution in [2.45, 2.75) is 6.04 Å². The largest absolute Gasteiger partial charge is 0.331 e. The summed E-state index contributed by atoms with van der Waals surface area (Å²) in [5.74, 6) is -0.227. The number of hydrogen-bond acceptors (Lipinski definition) is 5. The number of hydrogen-bond donors (Lipinski definition) is 4. The molecule has 3 aromatic rings. The smallest absolute Gasteiger partial charge is 0.322 e. The Morgan fingerprint density at radius 2 is 1.55 bits per heavy atom. The molecular weight excluding hydrogens is 386 g/mol. The van der Waals surface area contributed by atoms with Crippen LogP contribution in [0.2, 0.25) is 0 Å². The Morgan fingerprint density at radius 1 is 0.931 bits per heavy atom. The zero-order chi connectivity index (χ0) is 20.6. The highest BCUT2D eigenvalue weighted by Crippen LogP contribution is 2.16. The summed E-state index contributed by atoms with van der Waals surface area (Å²) in [7, 11) is 0. The molecular formula is C21H21N5O2S. The predicted molar refractivity (Wildman–Crippen MR) is 117 cm³/mol. The van der Waals surface area contributed by atoms with Crippen molar-refractivity contribution >= 4 is 36.1 Å². The molecule has 3 rings (SSSR count). The number of carbonyl (C=O) groups excluding carboxylic acids is 2. The van der Waals surface area contributed by atoms with Crippen molar-refractivity contribution in [2.75, 3.05) is 17.2 Å². The molecule has 7 nitrogen and oxygen atoms in total. The molecule has 8 heteroatoms. The molecule has 0 fully saturated rings. The van der Waals surface area contributed by atoms with Gasteiger partial charge < -0.3 is 16.4 Å². The summed E-state index contributed by atoms with van der Waals surface area (Å²) in [5, 5.41) is 5.54. The normalized spacial score (nSPS) is 11.4. The molecule has 1 aromatic heterocycles. The number of urea groups is 1. The van der Waals surface area contributed by atoms with Gasteiger partial charge in [-0.15, -0.1) is 0 Å². The van der Waals surface area contributed by atoms with Crippen molar-refractivity contribution in [3.05, 3.63) is 90.3 Å². The fraction of sp³-hybridized carbons (Fsp3) is 0.0952. The van der Waals surface area contributed by atoms with Gasteiger partial charge >= 0.3 is 6.03 Å². The minimum Gasteiger partial charge on any atom is -0.322 e. The van der Waals surface area contributed by atoms with E-state index >= 15 is 0 Å². The number of anilines is 2. The predicted octanol–water partition coefficient (Wildman–Crippen LogP) is 3.71. The molecule has 0 aliphatic carbocycles. The van der Waals surface area contributed by atoms with Gasteiger partial charge in [-0.1, -0.05) is 43.1 Å². The summed E-state index contributed by atoms with van der Waals surface area (Å²) in [4.78, 5) is 28.4. The van der Waals surface area contributed by atoms with Gasteiger partial charge in [0.2, 0.25) is 0 Å². The molecule has 0 bridgehead atoms. The Balaban J connectivity index is 1.56. The van der Waals surface area contributed by atoms with E-state index < -0.39 is 6.04 Å². The van der Waals surface area contributed by atoms with Crippen molar-refractivity contribution in [3.63, 3.8) is 0 Å². The number of aromatic nitrogens is 1. The molecule has 0 radical (unpaired) electrons. The SMILES string of the molecule is NC(CN(S)C(=O)Nc1ccccc1)c1ccc(C(=O)Nc2ccncc2)cc1. The number of para-hydroxylation sites is 1. The fourth-order valence-electron chi connectivity index (χ4n) is 2.60. The molecule has 4 N–H and O–H groups in total. The summed E-state index contributed by atoms with van der Waals surface area (Å²) in [6.45, 7) is 0.199.